The molecule has 3 heterocycles. The fourth-order valence-corrected chi connectivity index (χ4v) is 4.68. The summed E-state index contributed by atoms with van der Waals surface area (Å²) < 4.78 is 7.68. The van der Waals surface area contributed by atoms with Crippen LogP contribution in [0.4, 0.5) is 0 Å². The molecule has 5 rings (SSSR count). The summed E-state index contributed by atoms with van der Waals surface area (Å²) in [7, 11) is 2.20. The quantitative estimate of drug-likeness (QED) is 0.370. The van der Waals surface area contributed by atoms with Gasteiger partial charge in [-0.15, -0.1) is 0 Å². The summed E-state index contributed by atoms with van der Waals surface area (Å²) in [5.74, 6) is 0. The summed E-state index contributed by atoms with van der Waals surface area (Å²) in [6.45, 7) is 3.31. The topological polar surface area (TPSA) is 38.4 Å². The molecule has 0 N–H and O–H groups in total. The summed E-state index contributed by atoms with van der Waals surface area (Å²) in [5, 5.41) is 2.40. The van der Waals surface area contributed by atoms with Crippen molar-refractivity contribution in [2.45, 2.75) is 32.2 Å². The zero-order valence-corrected chi connectivity index (χ0v) is 16.9. The van der Waals surface area contributed by atoms with E-state index in [1.54, 1.807) is 0 Å². The van der Waals surface area contributed by atoms with Crippen LogP contribution in [0.3, 0.4) is 0 Å². The number of para-hydroxylation sites is 1. The normalized spacial score (nSPS) is 14.5. The van der Waals surface area contributed by atoms with Crippen molar-refractivity contribution >= 4 is 21.9 Å². The Bertz CT molecular complexity index is 1230. The molecule has 0 fully saturated rings. The Labute approximate surface area is 170 Å². The second kappa shape index (κ2) is 7.53. The third kappa shape index (κ3) is 3.49. The molecule has 0 atom stereocenters. The predicted molar refractivity (Wildman–Crippen MR) is 117 cm³/mol. The first-order valence-electron chi connectivity index (χ1n) is 10.5. The van der Waals surface area contributed by atoms with Crippen LogP contribution in [0.15, 0.2) is 63.8 Å². The first kappa shape index (κ1) is 18.2. The molecule has 4 aromatic rings. The Morgan fingerprint density at radius 3 is 2.83 bits per heavy atom. The molecule has 0 aliphatic carbocycles. The maximum Gasteiger partial charge on any atom is 0.336 e. The highest BCUT2D eigenvalue weighted by molar-refractivity contribution is 5.85. The fourth-order valence-electron chi connectivity index (χ4n) is 4.68. The molecule has 148 valence electrons. The highest BCUT2D eigenvalue weighted by Gasteiger charge is 2.22. The number of unbranched alkanes of at least 4 members (excludes halogenated alkanes) is 1. The van der Waals surface area contributed by atoms with Crippen LogP contribution in [0.5, 0.6) is 0 Å². The van der Waals surface area contributed by atoms with E-state index in [9.17, 15) is 4.79 Å². The third-order valence-corrected chi connectivity index (χ3v) is 6.27. The Morgan fingerprint density at radius 1 is 1.03 bits per heavy atom. The van der Waals surface area contributed by atoms with E-state index in [1.807, 2.05) is 18.2 Å². The molecule has 2 aromatic carbocycles. The van der Waals surface area contributed by atoms with Crippen molar-refractivity contribution < 1.29 is 4.42 Å². The van der Waals surface area contributed by atoms with Gasteiger partial charge in [-0.05, 0) is 61.6 Å². The summed E-state index contributed by atoms with van der Waals surface area (Å²) in [5.41, 5.74) is 6.00. The van der Waals surface area contributed by atoms with Crippen LogP contribution in [0.1, 0.15) is 29.7 Å². The van der Waals surface area contributed by atoms with E-state index in [0.29, 0.717) is 5.58 Å². The molecule has 4 nitrogen and oxygen atoms in total. The highest BCUT2D eigenvalue weighted by atomic mass is 16.4. The largest absolute Gasteiger partial charge is 0.423 e. The predicted octanol–water partition coefficient (Wildman–Crippen LogP) is 4.67. The Hall–Kier alpha value is -2.85. The summed E-state index contributed by atoms with van der Waals surface area (Å²) in [6, 6.07) is 18.3. The van der Waals surface area contributed by atoms with Crippen molar-refractivity contribution in [3.8, 4) is 0 Å². The minimum atomic E-state index is -0.285. The number of aryl methyl sites for hydroxylation is 2. The van der Waals surface area contributed by atoms with E-state index in [2.05, 4.69) is 46.8 Å². The van der Waals surface area contributed by atoms with Crippen molar-refractivity contribution in [2.75, 3.05) is 13.1 Å². The van der Waals surface area contributed by atoms with Gasteiger partial charge in [0.25, 0.3) is 0 Å². The Kier molecular flexibility index (Phi) is 4.72. The monoisotopic (exact) mass is 386 g/mol. The molecule has 0 radical (unpaired) electrons. The van der Waals surface area contributed by atoms with Gasteiger partial charge in [-0.25, -0.2) is 4.79 Å². The Balaban J connectivity index is 1.19. The Morgan fingerprint density at radius 2 is 1.90 bits per heavy atom. The van der Waals surface area contributed by atoms with Gasteiger partial charge in [0.15, 0.2) is 0 Å². The zero-order valence-electron chi connectivity index (χ0n) is 16.9. The minimum absolute atomic E-state index is 0.285. The molecule has 2 aromatic heterocycles. The molecule has 0 amide bonds. The smallest absolute Gasteiger partial charge is 0.336 e. The first-order valence-corrected chi connectivity index (χ1v) is 10.5. The lowest BCUT2D eigenvalue weighted by atomic mass is 10.0. The van der Waals surface area contributed by atoms with Crippen LogP contribution in [-0.2, 0) is 26.4 Å². The molecule has 0 unspecified atom stereocenters. The van der Waals surface area contributed by atoms with Gasteiger partial charge in [0.1, 0.15) is 5.58 Å². The average molecular weight is 386 g/mol. The van der Waals surface area contributed by atoms with Crippen LogP contribution in [0.2, 0.25) is 0 Å². The number of fused-ring (bicyclic) bond motifs is 4. The van der Waals surface area contributed by atoms with Gasteiger partial charge in [0, 0.05) is 48.2 Å². The number of hydrogen-bond acceptors (Lipinski definition) is 3. The molecule has 0 spiro atoms. The summed E-state index contributed by atoms with van der Waals surface area (Å²) in [4.78, 5) is 14.0. The van der Waals surface area contributed by atoms with Crippen molar-refractivity contribution in [1.82, 2.24) is 9.47 Å². The van der Waals surface area contributed by atoms with Crippen LogP contribution in [-0.4, -0.2) is 22.6 Å². The number of hydrogen-bond donors (Lipinski definition) is 0. The van der Waals surface area contributed by atoms with Gasteiger partial charge < -0.3 is 8.98 Å². The van der Waals surface area contributed by atoms with E-state index in [1.165, 1.54) is 40.2 Å². The molecule has 1 aliphatic heterocycles. The van der Waals surface area contributed by atoms with Gasteiger partial charge in [-0.2, -0.15) is 0 Å². The second-order valence-electron chi connectivity index (χ2n) is 8.11. The van der Waals surface area contributed by atoms with Crippen molar-refractivity contribution in [2.24, 2.45) is 7.05 Å². The molecule has 29 heavy (non-hydrogen) atoms. The van der Waals surface area contributed by atoms with Crippen LogP contribution < -0.4 is 5.63 Å². The van der Waals surface area contributed by atoms with Gasteiger partial charge in [0.05, 0.1) is 0 Å². The van der Waals surface area contributed by atoms with E-state index in [4.69, 9.17) is 4.42 Å². The molecule has 0 bridgehead atoms. The standard InChI is InChI=1S/C25H26N2O2/c1-26-22-8-3-2-7-20(22)21-13-15-27(17-23(21)26)14-5-4-6-18-9-10-19-11-12-25(28)29-24(19)16-18/h2-3,7-12,16H,4-6,13-15,17H2,1H3. The maximum atomic E-state index is 11.4. The van der Waals surface area contributed by atoms with Crippen molar-refractivity contribution in [3.05, 3.63) is 81.8 Å². The summed E-state index contributed by atoms with van der Waals surface area (Å²) >= 11 is 0. The fraction of sp³-hybridized carbons (Fsp3) is 0.320. The zero-order chi connectivity index (χ0) is 19.8. The third-order valence-electron chi connectivity index (χ3n) is 6.27. The van der Waals surface area contributed by atoms with Gasteiger partial charge >= 0.3 is 5.63 Å². The lowest BCUT2D eigenvalue weighted by Crippen LogP contribution is -2.32. The van der Waals surface area contributed by atoms with E-state index in [0.717, 1.165) is 44.3 Å². The van der Waals surface area contributed by atoms with E-state index in [-0.39, 0.29) is 5.63 Å². The van der Waals surface area contributed by atoms with Crippen molar-refractivity contribution in [3.63, 3.8) is 0 Å². The highest BCUT2D eigenvalue weighted by Crippen LogP contribution is 2.30. The van der Waals surface area contributed by atoms with Gasteiger partial charge in [-0.3, -0.25) is 4.90 Å². The summed E-state index contributed by atoms with van der Waals surface area (Å²) in [6.07, 6.45) is 4.47. The molecular weight excluding hydrogens is 360 g/mol. The van der Waals surface area contributed by atoms with Gasteiger partial charge in [-0.1, -0.05) is 30.3 Å². The average Bonchev–Trinajstić information content (AvgIpc) is 3.03. The molecule has 0 saturated heterocycles. The first-order chi connectivity index (χ1) is 14.2. The molecule has 0 saturated carbocycles. The molecule has 4 heteroatoms. The minimum Gasteiger partial charge on any atom is -0.423 e. The van der Waals surface area contributed by atoms with Gasteiger partial charge in [0.2, 0.25) is 0 Å². The number of rotatable bonds is 5. The van der Waals surface area contributed by atoms with Crippen LogP contribution in [0, 0.1) is 0 Å². The number of nitrogens with zero attached hydrogens (tertiary/aromatic N) is 2. The van der Waals surface area contributed by atoms with Crippen LogP contribution >= 0.6 is 0 Å². The number of aromatic nitrogens is 1. The second-order valence-corrected chi connectivity index (χ2v) is 8.11. The molecular formula is C25H26N2O2. The van der Waals surface area contributed by atoms with Crippen LogP contribution in [0.25, 0.3) is 21.9 Å². The SMILES string of the molecule is Cn1c2c(c3ccccc31)CCN(CCCCc1ccc3ccc(=O)oc3c1)C2. The van der Waals surface area contributed by atoms with E-state index >= 15 is 0 Å². The molecule has 1 aliphatic rings. The van der Waals surface area contributed by atoms with E-state index < -0.39 is 0 Å². The van der Waals surface area contributed by atoms with Crippen molar-refractivity contribution in [1.29, 1.82) is 0 Å². The number of benzene rings is 2. The maximum absolute atomic E-state index is 11.4. The lowest BCUT2D eigenvalue weighted by Gasteiger charge is -2.28. The lowest BCUT2D eigenvalue weighted by molar-refractivity contribution is 0.243.